The molecule has 1 aliphatic heterocycles. The molecule has 0 saturated carbocycles. The lowest BCUT2D eigenvalue weighted by atomic mass is 10.1. The lowest BCUT2D eigenvalue weighted by Crippen LogP contribution is -2.33. The molecular weight excluding hydrogens is 315 g/mol. The molecule has 2 rings (SSSR count). The molecule has 0 bridgehead atoms. The van der Waals surface area contributed by atoms with Crippen LogP contribution in [0, 0.1) is 11.7 Å². The highest BCUT2D eigenvalue weighted by Crippen LogP contribution is 2.22. The lowest BCUT2D eigenvalue weighted by Gasteiger charge is -2.16. The van der Waals surface area contributed by atoms with Gasteiger partial charge in [0.25, 0.3) is 5.91 Å². The minimum Gasteiger partial charge on any atom is -0.481 e. The second-order valence-electron chi connectivity index (χ2n) is 4.59. The Kier molecular flexibility index (Phi) is 4.76. The molecule has 4 nitrogen and oxygen atoms in total. The van der Waals surface area contributed by atoms with E-state index in [0.717, 1.165) is 6.42 Å². The third kappa shape index (κ3) is 3.67. The van der Waals surface area contributed by atoms with Crippen molar-refractivity contribution in [2.24, 2.45) is 11.7 Å². The molecule has 104 valence electrons. The highest BCUT2D eigenvalue weighted by molar-refractivity contribution is 9.10. The molecule has 6 heteroatoms. The summed E-state index contributed by atoms with van der Waals surface area (Å²) in [4.78, 5) is 13.6. The quantitative estimate of drug-likeness (QED) is 0.915. The molecule has 1 aromatic carbocycles. The van der Waals surface area contributed by atoms with Gasteiger partial charge in [-0.2, -0.15) is 0 Å². The van der Waals surface area contributed by atoms with Crippen molar-refractivity contribution in [3.8, 4) is 5.75 Å². The van der Waals surface area contributed by atoms with E-state index >= 15 is 0 Å². The molecule has 1 aliphatic rings. The number of benzene rings is 1. The topological polar surface area (TPSA) is 55.6 Å². The third-order valence-electron chi connectivity index (χ3n) is 3.22. The third-order valence-corrected chi connectivity index (χ3v) is 3.71. The smallest absolute Gasteiger partial charge is 0.260 e. The first-order valence-corrected chi connectivity index (χ1v) is 6.95. The standard InChI is InChI=1S/C13H16BrFN2O2/c14-10-1-2-12(11(15)5-10)19-8-13(18)17-4-3-9(6-16)7-17/h1-2,5,9H,3-4,6-8,16H2. The Bertz CT molecular complexity index is 470. The van der Waals surface area contributed by atoms with Gasteiger partial charge in [-0.05, 0) is 37.1 Å². The van der Waals surface area contributed by atoms with Gasteiger partial charge in [0.1, 0.15) is 0 Å². The van der Waals surface area contributed by atoms with Crippen molar-refractivity contribution in [3.05, 3.63) is 28.5 Å². The molecule has 0 aromatic heterocycles. The van der Waals surface area contributed by atoms with Crippen LogP contribution in [0.3, 0.4) is 0 Å². The van der Waals surface area contributed by atoms with Gasteiger partial charge in [0.15, 0.2) is 18.2 Å². The molecule has 0 radical (unpaired) electrons. The number of amides is 1. The number of nitrogens with zero attached hydrogens (tertiary/aromatic N) is 1. The van der Waals surface area contributed by atoms with Crippen LogP contribution in [-0.4, -0.2) is 37.0 Å². The zero-order chi connectivity index (χ0) is 13.8. The Hall–Kier alpha value is -1.14. The van der Waals surface area contributed by atoms with Gasteiger partial charge in [-0.15, -0.1) is 0 Å². The summed E-state index contributed by atoms with van der Waals surface area (Å²) in [6.07, 6.45) is 0.925. The van der Waals surface area contributed by atoms with E-state index in [0.29, 0.717) is 30.0 Å². The molecule has 1 saturated heterocycles. The number of carbonyl (C=O) groups excluding carboxylic acids is 1. The number of rotatable bonds is 4. The van der Waals surface area contributed by atoms with E-state index in [1.54, 1.807) is 11.0 Å². The summed E-state index contributed by atoms with van der Waals surface area (Å²) in [6, 6.07) is 4.47. The minimum absolute atomic E-state index is 0.0890. The first-order valence-electron chi connectivity index (χ1n) is 6.16. The summed E-state index contributed by atoms with van der Waals surface area (Å²) in [7, 11) is 0. The van der Waals surface area contributed by atoms with Crippen LogP contribution in [0.4, 0.5) is 4.39 Å². The Balaban J connectivity index is 1.87. The van der Waals surface area contributed by atoms with Crippen LogP contribution in [0.15, 0.2) is 22.7 Å². The molecular formula is C13H16BrFN2O2. The maximum Gasteiger partial charge on any atom is 0.260 e. The van der Waals surface area contributed by atoms with Gasteiger partial charge in [0.2, 0.25) is 0 Å². The van der Waals surface area contributed by atoms with Crippen LogP contribution in [0.5, 0.6) is 5.75 Å². The van der Waals surface area contributed by atoms with E-state index in [-0.39, 0.29) is 18.3 Å². The Morgan fingerprint density at radius 2 is 2.37 bits per heavy atom. The van der Waals surface area contributed by atoms with Gasteiger partial charge in [0.05, 0.1) is 0 Å². The average molecular weight is 331 g/mol. The van der Waals surface area contributed by atoms with Gasteiger partial charge in [0, 0.05) is 17.6 Å². The maximum atomic E-state index is 13.5. The van der Waals surface area contributed by atoms with Crippen molar-refractivity contribution in [1.29, 1.82) is 0 Å². The Morgan fingerprint density at radius 3 is 3.00 bits per heavy atom. The highest BCUT2D eigenvalue weighted by atomic mass is 79.9. The van der Waals surface area contributed by atoms with Crippen molar-refractivity contribution < 1.29 is 13.9 Å². The molecule has 1 unspecified atom stereocenters. The van der Waals surface area contributed by atoms with Crippen LogP contribution >= 0.6 is 15.9 Å². The molecule has 1 fully saturated rings. The van der Waals surface area contributed by atoms with E-state index in [1.165, 1.54) is 12.1 Å². The number of nitrogens with two attached hydrogens (primary N) is 1. The zero-order valence-corrected chi connectivity index (χ0v) is 12.0. The summed E-state index contributed by atoms with van der Waals surface area (Å²) in [6.45, 7) is 1.82. The highest BCUT2D eigenvalue weighted by Gasteiger charge is 2.25. The van der Waals surface area contributed by atoms with Gasteiger partial charge in [-0.1, -0.05) is 15.9 Å². The predicted octanol–water partition coefficient (Wildman–Crippen LogP) is 1.77. The van der Waals surface area contributed by atoms with Crippen LogP contribution in [-0.2, 0) is 4.79 Å². The van der Waals surface area contributed by atoms with Crippen molar-refractivity contribution in [2.45, 2.75) is 6.42 Å². The molecule has 19 heavy (non-hydrogen) atoms. The normalized spacial score (nSPS) is 18.7. The number of halogens is 2. The Morgan fingerprint density at radius 1 is 1.58 bits per heavy atom. The van der Waals surface area contributed by atoms with Crippen LogP contribution in [0.1, 0.15) is 6.42 Å². The van der Waals surface area contributed by atoms with E-state index in [9.17, 15) is 9.18 Å². The fraction of sp³-hybridized carbons (Fsp3) is 0.462. The second kappa shape index (κ2) is 6.34. The van der Waals surface area contributed by atoms with E-state index < -0.39 is 5.82 Å². The molecule has 1 aromatic rings. The number of likely N-dealkylation sites (tertiary alicyclic amines) is 1. The fourth-order valence-electron chi connectivity index (χ4n) is 2.07. The van der Waals surface area contributed by atoms with Crippen LogP contribution in [0.25, 0.3) is 0 Å². The van der Waals surface area contributed by atoms with E-state index in [1.807, 2.05) is 0 Å². The summed E-state index contributed by atoms with van der Waals surface area (Å²) in [5, 5.41) is 0. The van der Waals surface area contributed by atoms with Crippen molar-refractivity contribution in [2.75, 3.05) is 26.2 Å². The first-order chi connectivity index (χ1) is 9.10. The van der Waals surface area contributed by atoms with Gasteiger partial charge in [-0.25, -0.2) is 4.39 Å². The van der Waals surface area contributed by atoms with Crippen molar-refractivity contribution in [1.82, 2.24) is 4.90 Å². The SMILES string of the molecule is NCC1CCN(C(=O)COc2ccc(Br)cc2F)C1. The number of hydrogen-bond acceptors (Lipinski definition) is 3. The summed E-state index contributed by atoms with van der Waals surface area (Å²) in [5.41, 5.74) is 5.57. The van der Waals surface area contributed by atoms with Crippen LogP contribution in [0.2, 0.25) is 0 Å². The maximum absolute atomic E-state index is 13.5. The molecule has 0 spiro atoms. The Labute approximate surface area is 119 Å². The molecule has 2 N–H and O–H groups in total. The zero-order valence-electron chi connectivity index (χ0n) is 10.4. The summed E-state index contributed by atoms with van der Waals surface area (Å²) in [5.74, 6) is -0.152. The number of carbonyl (C=O) groups is 1. The van der Waals surface area contributed by atoms with Crippen molar-refractivity contribution in [3.63, 3.8) is 0 Å². The molecule has 1 heterocycles. The first kappa shape index (κ1) is 14.3. The largest absolute Gasteiger partial charge is 0.481 e. The van der Waals surface area contributed by atoms with E-state index in [2.05, 4.69) is 15.9 Å². The monoisotopic (exact) mass is 330 g/mol. The molecule has 0 aliphatic carbocycles. The van der Waals surface area contributed by atoms with Crippen molar-refractivity contribution >= 4 is 21.8 Å². The summed E-state index contributed by atoms with van der Waals surface area (Å²) < 4.78 is 19.3. The average Bonchev–Trinajstić information content (AvgIpc) is 2.86. The predicted molar refractivity (Wildman–Crippen MR) is 73.3 cm³/mol. The van der Waals surface area contributed by atoms with Gasteiger partial charge >= 0.3 is 0 Å². The number of ether oxygens (including phenoxy) is 1. The van der Waals surface area contributed by atoms with Gasteiger partial charge < -0.3 is 15.4 Å². The summed E-state index contributed by atoms with van der Waals surface area (Å²) >= 11 is 3.16. The second-order valence-corrected chi connectivity index (χ2v) is 5.51. The number of hydrogen-bond donors (Lipinski definition) is 1. The van der Waals surface area contributed by atoms with E-state index in [4.69, 9.17) is 10.5 Å². The van der Waals surface area contributed by atoms with Crippen LogP contribution < -0.4 is 10.5 Å². The lowest BCUT2D eigenvalue weighted by molar-refractivity contribution is -0.132. The fourth-order valence-corrected chi connectivity index (χ4v) is 2.41. The minimum atomic E-state index is -0.483. The molecule has 1 amide bonds. The molecule has 1 atom stereocenters. The van der Waals surface area contributed by atoms with Gasteiger partial charge in [-0.3, -0.25) is 4.79 Å².